The van der Waals surface area contributed by atoms with E-state index in [0.29, 0.717) is 17.2 Å². The molecule has 110 valence electrons. The second-order valence-electron chi connectivity index (χ2n) is 5.87. The van der Waals surface area contributed by atoms with Gasteiger partial charge in [0.25, 0.3) is 0 Å². The van der Waals surface area contributed by atoms with E-state index in [1.54, 1.807) is 12.1 Å². The topological polar surface area (TPSA) is 64.4 Å². The molecule has 20 heavy (non-hydrogen) atoms. The van der Waals surface area contributed by atoms with E-state index in [1.807, 2.05) is 17.8 Å². The standard InChI is InChI=1S/C14H20N2O3S/c1-14(2)7-11(8-20-9-14)15-10-4-5-13(19-3)12(6-10)16(17)18/h4-6,11,15H,7-9H2,1-3H3. The number of nitro benzene ring substituents is 1. The van der Waals surface area contributed by atoms with Gasteiger partial charge in [0.2, 0.25) is 0 Å². The van der Waals surface area contributed by atoms with Crippen molar-refractivity contribution in [2.45, 2.75) is 26.3 Å². The summed E-state index contributed by atoms with van der Waals surface area (Å²) in [6.07, 6.45) is 1.07. The molecule has 2 rings (SSSR count). The summed E-state index contributed by atoms with van der Waals surface area (Å²) in [6.45, 7) is 4.51. The molecule has 0 spiro atoms. The first-order valence-corrected chi connectivity index (χ1v) is 7.73. The number of anilines is 1. The molecular formula is C14H20N2O3S. The normalized spacial score (nSPS) is 21.2. The number of thioether (sulfide) groups is 1. The first-order valence-electron chi connectivity index (χ1n) is 6.58. The lowest BCUT2D eigenvalue weighted by molar-refractivity contribution is -0.385. The summed E-state index contributed by atoms with van der Waals surface area (Å²) in [4.78, 5) is 10.6. The molecule has 5 nitrogen and oxygen atoms in total. The Kier molecular flexibility index (Phi) is 4.42. The Morgan fingerprint density at radius 3 is 2.85 bits per heavy atom. The van der Waals surface area contributed by atoms with Crippen molar-refractivity contribution in [2.24, 2.45) is 5.41 Å². The van der Waals surface area contributed by atoms with Crippen LogP contribution >= 0.6 is 11.8 Å². The highest BCUT2D eigenvalue weighted by molar-refractivity contribution is 7.99. The van der Waals surface area contributed by atoms with E-state index in [4.69, 9.17) is 4.74 Å². The molecule has 6 heteroatoms. The quantitative estimate of drug-likeness (QED) is 0.680. The zero-order valence-corrected chi connectivity index (χ0v) is 12.8. The van der Waals surface area contributed by atoms with Gasteiger partial charge in [-0.25, -0.2) is 0 Å². The van der Waals surface area contributed by atoms with E-state index in [2.05, 4.69) is 19.2 Å². The summed E-state index contributed by atoms with van der Waals surface area (Å²) >= 11 is 1.93. The summed E-state index contributed by atoms with van der Waals surface area (Å²) in [5.74, 6) is 2.48. The number of rotatable bonds is 4. The van der Waals surface area contributed by atoms with Crippen LogP contribution in [0.5, 0.6) is 5.75 Å². The van der Waals surface area contributed by atoms with Crippen LogP contribution < -0.4 is 10.1 Å². The van der Waals surface area contributed by atoms with Crippen molar-refractivity contribution in [3.63, 3.8) is 0 Å². The molecule has 0 aliphatic carbocycles. The Hall–Kier alpha value is -1.43. The molecule has 0 saturated carbocycles. The maximum atomic E-state index is 11.0. The molecular weight excluding hydrogens is 276 g/mol. The fourth-order valence-electron chi connectivity index (χ4n) is 2.51. The lowest BCUT2D eigenvalue weighted by atomic mass is 9.88. The van der Waals surface area contributed by atoms with Crippen molar-refractivity contribution in [1.82, 2.24) is 0 Å². The predicted octanol–water partition coefficient (Wildman–Crippen LogP) is 3.55. The Labute approximate surface area is 123 Å². The SMILES string of the molecule is COc1ccc(NC2CSCC(C)(C)C2)cc1[N+](=O)[O-]. The molecule has 1 N–H and O–H groups in total. The van der Waals surface area contributed by atoms with Crippen molar-refractivity contribution in [1.29, 1.82) is 0 Å². The number of methoxy groups -OCH3 is 1. The molecule has 1 saturated heterocycles. The zero-order valence-electron chi connectivity index (χ0n) is 12.0. The van der Waals surface area contributed by atoms with Crippen LogP contribution in [0.1, 0.15) is 20.3 Å². The van der Waals surface area contributed by atoms with E-state index >= 15 is 0 Å². The Morgan fingerprint density at radius 1 is 1.50 bits per heavy atom. The van der Waals surface area contributed by atoms with Gasteiger partial charge in [0.15, 0.2) is 5.75 Å². The second kappa shape index (κ2) is 5.91. The van der Waals surface area contributed by atoms with Crippen LogP contribution in [0.15, 0.2) is 18.2 Å². The molecule has 1 heterocycles. The van der Waals surface area contributed by atoms with E-state index < -0.39 is 4.92 Å². The number of nitrogens with zero attached hydrogens (tertiary/aromatic N) is 1. The lowest BCUT2D eigenvalue weighted by Crippen LogP contribution is -2.35. The minimum Gasteiger partial charge on any atom is -0.490 e. The highest BCUT2D eigenvalue weighted by atomic mass is 32.2. The average Bonchev–Trinajstić information content (AvgIpc) is 2.37. The largest absolute Gasteiger partial charge is 0.490 e. The second-order valence-corrected chi connectivity index (χ2v) is 6.90. The van der Waals surface area contributed by atoms with E-state index in [-0.39, 0.29) is 5.69 Å². The molecule has 1 aromatic rings. The van der Waals surface area contributed by atoms with Gasteiger partial charge in [0.05, 0.1) is 12.0 Å². The molecule has 1 unspecified atom stereocenters. The van der Waals surface area contributed by atoms with Gasteiger partial charge in [-0.3, -0.25) is 10.1 Å². The minimum absolute atomic E-state index is 0.000206. The third-order valence-electron chi connectivity index (χ3n) is 3.36. The van der Waals surface area contributed by atoms with Crippen LogP contribution in [0.25, 0.3) is 0 Å². The fraction of sp³-hybridized carbons (Fsp3) is 0.571. The monoisotopic (exact) mass is 296 g/mol. The van der Waals surface area contributed by atoms with Gasteiger partial charge in [0.1, 0.15) is 0 Å². The van der Waals surface area contributed by atoms with Gasteiger partial charge in [0, 0.05) is 23.5 Å². The molecule has 1 fully saturated rings. The van der Waals surface area contributed by atoms with Crippen LogP contribution in [0.4, 0.5) is 11.4 Å². The van der Waals surface area contributed by atoms with Crippen molar-refractivity contribution < 1.29 is 9.66 Å². The van der Waals surface area contributed by atoms with Gasteiger partial charge in [-0.05, 0) is 29.7 Å². The summed E-state index contributed by atoms with van der Waals surface area (Å²) in [6, 6.07) is 5.36. The van der Waals surface area contributed by atoms with Crippen LogP contribution in [0.2, 0.25) is 0 Å². The predicted molar refractivity (Wildman–Crippen MR) is 82.8 cm³/mol. The number of hydrogen-bond donors (Lipinski definition) is 1. The molecule has 1 aromatic carbocycles. The van der Waals surface area contributed by atoms with Crippen molar-refractivity contribution in [3.05, 3.63) is 28.3 Å². The first kappa shape index (κ1) is 15.0. The summed E-state index contributed by atoms with van der Waals surface area (Å²) in [5.41, 5.74) is 1.08. The highest BCUT2D eigenvalue weighted by Crippen LogP contribution is 2.36. The van der Waals surface area contributed by atoms with Gasteiger partial charge in [-0.1, -0.05) is 13.8 Å². The summed E-state index contributed by atoms with van der Waals surface area (Å²) in [5, 5.41) is 14.4. The Morgan fingerprint density at radius 2 is 2.25 bits per heavy atom. The van der Waals surface area contributed by atoms with E-state index in [1.165, 1.54) is 7.11 Å². The van der Waals surface area contributed by atoms with Crippen molar-refractivity contribution >= 4 is 23.1 Å². The third-order valence-corrected chi connectivity index (χ3v) is 4.98. The van der Waals surface area contributed by atoms with Crippen LogP contribution in [0.3, 0.4) is 0 Å². The molecule has 0 amide bonds. The lowest BCUT2D eigenvalue weighted by Gasteiger charge is -2.35. The minimum atomic E-state index is -0.413. The van der Waals surface area contributed by atoms with E-state index in [0.717, 1.165) is 23.6 Å². The number of nitro groups is 1. The van der Waals surface area contributed by atoms with Gasteiger partial charge in [-0.2, -0.15) is 11.8 Å². The summed E-state index contributed by atoms with van der Waals surface area (Å²) < 4.78 is 5.01. The maximum Gasteiger partial charge on any atom is 0.312 e. The van der Waals surface area contributed by atoms with Crippen molar-refractivity contribution in [3.8, 4) is 5.75 Å². The number of nitrogens with one attached hydrogen (secondary N) is 1. The molecule has 1 atom stereocenters. The zero-order chi connectivity index (χ0) is 14.8. The Balaban J connectivity index is 2.13. The maximum absolute atomic E-state index is 11.0. The molecule has 1 aliphatic heterocycles. The Bertz CT molecular complexity index is 505. The average molecular weight is 296 g/mol. The van der Waals surface area contributed by atoms with Gasteiger partial charge < -0.3 is 10.1 Å². The number of benzene rings is 1. The smallest absolute Gasteiger partial charge is 0.312 e. The first-order chi connectivity index (χ1) is 9.41. The van der Waals surface area contributed by atoms with Crippen LogP contribution in [-0.4, -0.2) is 29.6 Å². The number of hydrogen-bond acceptors (Lipinski definition) is 5. The third kappa shape index (κ3) is 3.56. The van der Waals surface area contributed by atoms with Gasteiger partial charge >= 0.3 is 5.69 Å². The van der Waals surface area contributed by atoms with Crippen molar-refractivity contribution in [2.75, 3.05) is 23.9 Å². The molecule has 0 aromatic heterocycles. The van der Waals surface area contributed by atoms with Crippen LogP contribution in [0, 0.1) is 15.5 Å². The van der Waals surface area contributed by atoms with E-state index in [9.17, 15) is 10.1 Å². The summed E-state index contributed by atoms with van der Waals surface area (Å²) in [7, 11) is 1.44. The number of ether oxygens (including phenoxy) is 1. The fourth-order valence-corrected chi connectivity index (χ4v) is 3.79. The highest BCUT2D eigenvalue weighted by Gasteiger charge is 2.28. The molecule has 1 aliphatic rings. The molecule has 0 bridgehead atoms. The van der Waals surface area contributed by atoms with Crippen LogP contribution in [-0.2, 0) is 0 Å². The van der Waals surface area contributed by atoms with Gasteiger partial charge in [-0.15, -0.1) is 0 Å². The molecule has 0 radical (unpaired) electrons.